The first-order valence-electron chi connectivity index (χ1n) is 10.6. The summed E-state index contributed by atoms with van der Waals surface area (Å²) in [5.74, 6) is 0.743. The fourth-order valence-corrected chi connectivity index (χ4v) is 4.76. The third kappa shape index (κ3) is 5.55. The molecule has 0 unspecified atom stereocenters. The van der Waals surface area contributed by atoms with Gasteiger partial charge in [-0.3, -0.25) is 14.5 Å². The van der Waals surface area contributed by atoms with Crippen molar-refractivity contribution in [1.29, 1.82) is 0 Å². The highest BCUT2D eigenvalue weighted by molar-refractivity contribution is 8.27. The average molecular weight is 485 g/mol. The Labute approximate surface area is 202 Å². The van der Waals surface area contributed by atoms with E-state index in [1.54, 1.807) is 23.1 Å². The number of benzene rings is 2. The summed E-state index contributed by atoms with van der Waals surface area (Å²) in [5, 5.41) is 0. The molecule has 0 radical (unpaired) electrons. The number of amides is 2. The van der Waals surface area contributed by atoms with E-state index in [-0.39, 0.29) is 18.4 Å². The Morgan fingerprint density at radius 1 is 1.12 bits per heavy atom. The van der Waals surface area contributed by atoms with E-state index in [2.05, 4.69) is 0 Å². The van der Waals surface area contributed by atoms with E-state index in [4.69, 9.17) is 26.4 Å². The third-order valence-electron chi connectivity index (χ3n) is 5.09. The van der Waals surface area contributed by atoms with Crippen molar-refractivity contribution in [3.8, 4) is 11.5 Å². The Bertz CT molecular complexity index is 1070. The molecule has 9 heteroatoms. The van der Waals surface area contributed by atoms with Crippen LogP contribution in [0.2, 0.25) is 0 Å². The molecule has 0 spiro atoms. The number of carbonyl (C=O) groups is 2. The quantitative estimate of drug-likeness (QED) is 0.438. The van der Waals surface area contributed by atoms with E-state index in [0.717, 1.165) is 11.3 Å². The molecular weight excluding hydrogens is 460 g/mol. The zero-order valence-corrected chi connectivity index (χ0v) is 19.8. The Morgan fingerprint density at radius 3 is 2.61 bits per heavy atom. The highest BCUT2D eigenvalue weighted by atomic mass is 32.2. The van der Waals surface area contributed by atoms with E-state index in [9.17, 15) is 9.59 Å². The summed E-state index contributed by atoms with van der Waals surface area (Å²) in [6.07, 6.45) is 1.79. The maximum atomic E-state index is 13.0. The molecule has 172 valence electrons. The van der Waals surface area contributed by atoms with Crippen LogP contribution in [0.3, 0.4) is 0 Å². The van der Waals surface area contributed by atoms with Crippen LogP contribution in [0.1, 0.15) is 12.5 Å². The van der Waals surface area contributed by atoms with Gasteiger partial charge in [-0.2, -0.15) is 0 Å². The van der Waals surface area contributed by atoms with Crippen LogP contribution < -0.4 is 14.4 Å². The molecule has 0 aliphatic carbocycles. The molecule has 2 aliphatic heterocycles. The fourth-order valence-electron chi connectivity index (χ4n) is 3.46. The minimum absolute atomic E-state index is 0.0743. The van der Waals surface area contributed by atoms with Gasteiger partial charge in [0.25, 0.3) is 11.8 Å². The second-order valence-electron chi connectivity index (χ2n) is 7.27. The van der Waals surface area contributed by atoms with Crippen LogP contribution in [-0.4, -0.2) is 60.6 Å². The molecule has 0 saturated carbocycles. The van der Waals surface area contributed by atoms with Crippen LogP contribution >= 0.6 is 24.0 Å². The smallest absolute Gasteiger partial charge is 0.270 e. The molecule has 2 saturated heterocycles. The van der Waals surface area contributed by atoms with Crippen LogP contribution in [0.15, 0.2) is 53.4 Å². The Kier molecular flexibility index (Phi) is 7.64. The van der Waals surface area contributed by atoms with Gasteiger partial charge >= 0.3 is 0 Å². The van der Waals surface area contributed by atoms with E-state index in [0.29, 0.717) is 53.6 Å². The standard InChI is InChI=1S/C24H24N2O5S2/c1-2-30-20-14-17(8-9-19(20)31-16-22(27)25-10-12-29-13-11-25)15-21-23(28)26(24(32)33-21)18-6-4-3-5-7-18/h3-9,14-15H,2,10-13,16H2,1H3/b21-15-. The number of thiocarbonyl (C=S) groups is 1. The van der Waals surface area contributed by atoms with Crippen LogP contribution in [0.25, 0.3) is 6.08 Å². The fraction of sp³-hybridized carbons (Fsp3) is 0.292. The summed E-state index contributed by atoms with van der Waals surface area (Å²) in [7, 11) is 0. The highest BCUT2D eigenvalue weighted by Crippen LogP contribution is 2.37. The SMILES string of the molecule is CCOc1cc(/C=C2\SC(=S)N(c3ccccc3)C2=O)ccc1OCC(=O)N1CCOCC1. The lowest BCUT2D eigenvalue weighted by molar-refractivity contribution is -0.137. The van der Waals surface area contributed by atoms with Gasteiger partial charge in [0.05, 0.1) is 30.4 Å². The molecule has 33 heavy (non-hydrogen) atoms. The number of thioether (sulfide) groups is 1. The van der Waals surface area contributed by atoms with Crippen molar-refractivity contribution in [3.05, 3.63) is 59.0 Å². The minimum atomic E-state index is -0.161. The van der Waals surface area contributed by atoms with Gasteiger partial charge in [-0.05, 0) is 42.8 Å². The van der Waals surface area contributed by atoms with Crippen molar-refractivity contribution in [2.45, 2.75) is 6.92 Å². The number of anilines is 1. The molecule has 2 amide bonds. The van der Waals surface area contributed by atoms with Gasteiger partial charge < -0.3 is 19.1 Å². The first-order chi connectivity index (χ1) is 16.1. The molecule has 2 aromatic carbocycles. The molecule has 2 aliphatic rings. The Morgan fingerprint density at radius 2 is 1.88 bits per heavy atom. The maximum absolute atomic E-state index is 13.0. The lowest BCUT2D eigenvalue weighted by Gasteiger charge is -2.26. The maximum Gasteiger partial charge on any atom is 0.270 e. The average Bonchev–Trinajstić information content (AvgIpc) is 3.12. The lowest BCUT2D eigenvalue weighted by atomic mass is 10.1. The number of carbonyl (C=O) groups excluding carboxylic acids is 2. The van der Waals surface area contributed by atoms with Gasteiger partial charge in [-0.25, -0.2) is 0 Å². The molecular formula is C24H24N2O5S2. The van der Waals surface area contributed by atoms with Crippen LogP contribution in [0.4, 0.5) is 5.69 Å². The number of para-hydroxylation sites is 1. The Hall–Kier alpha value is -2.88. The summed E-state index contributed by atoms with van der Waals surface area (Å²) >= 11 is 6.69. The van der Waals surface area contributed by atoms with Gasteiger partial charge in [0.2, 0.25) is 0 Å². The topological polar surface area (TPSA) is 68.3 Å². The second kappa shape index (κ2) is 10.8. The molecule has 2 heterocycles. The molecule has 0 bridgehead atoms. The Balaban J connectivity index is 1.49. The molecule has 0 atom stereocenters. The van der Waals surface area contributed by atoms with Crippen molar-refractivity contribution in [2.75, 3.05) is 44.4 Å². The number of nitrogens with zero attached hydrogens (tertiary/aromatic N) is 2. The number of hydrogen-bond acceptors (Lipinski definition) is 7. The number of ether oxygens (including phenoxy) is 3. The number of hydrogen-bond donors (Lipinski definition) is 0. The molecule has 4 rings (SSSR count). The van der Waals surface area contributed by atoms with Crippen LogP contribution in [0, 0.1) is 0 Å². The van der Waals surface area contributed by atoms with Gasteiger partial charge in [0.1, 0.15) is 0 Å². The molecule has 0 N–H and O–H groups in total. The number of rotatable bonds is 7. The first kappa shape index (κ1) is 23.3. The van der Waals surface area contributed by atoms with Crippen molar-refractivity contribution < 1.29 is 23.8 Å². The third-order valence-corrected chi connectivity index (χ3v) is 6.39. The first-order valence-corrected chi connectivity index (χ1v) is 11.9. The highest BCUT2D eigenvalue weighted by Gasteiger charge is 2.33. The lowest BCUT2D eigenvalue weighted by Crippen LogP contribution is -2.43. The van der Waals surface area contributed by atoms with E-state index >= 15 is 0 Å². The van der Waals surface area contributed by atoms with Gasteiger partial charge in [-0.15, -0.1) is 0 Å². The second-order valence-corrected chi connectivity index (χ2v) is 8.95. The zero-order chi connectivity index (χ0) is 23.2. The monoisotopic (exact) mass is 484 g/mol. The van der Waals surface area contributed by atoms with Crippen LogP contribution in [-0.2, 0) is 14.3 Å². The van der Waals surface area contributed by atoms with Crippen molar-refractivity contribution in [2.24, 2.45) is 0 Å². The summed E-state index contributed by atoms with van der Waals surface area (Å²) in [4.78, 5) is 29.1. The summed E-state index contributed by atoms with van der Waals surface area (Å²) in [6, 6.07) is 14.7. The molecule has 7 nitrogen and oxygen atoms in total. The van der Waals surface area contributed by atoms with Crippen molar-refractivity contribution in [3.63, 3.8) is 0 Å². The van der Waals surface area contributed by atoms with E-state index < -0.39 is 0 Å². The predicted molar refractivity (Wildman–Crippen MR) is 133 cm³/mol. The van der Waals surface area contributed by atoms with Gasteiger partial charge in [0, 0.05) is 13.1 Å². The van der Waals surface area contributed by atoms with Gasteiger partial charge in [-0.1, -0.05) is 48.2 Å². The largest absolute Gasteiger partial charge is 0.490 e. The predicted octanol–water partition coefficient (Wildman–Crippen LogP) is 3.73. The summed E-state index contributed by atoms with van der Waals surface area (Å²) in [6.45, 7) is 4.46. The minimum Gasteiger partial charge on any atom is -0.490 e. The van der Waals surface area contributed by atoms with Crippen molar-refractivity contribution in [1.82, 2.24) is 4.90 Å². The summed E-state index contributed by atoms with van der Waals surface area (Å²) in [5.41, 5.74) is 1.52. The number of morpholine rings is 1. The van der Waals surface area contributed by atoms with Gasteiger partial charge in [0.15, 0.2) is 22.4 Å². The normalized spacial score (nSPS) is 17.5. The molecule has 0 aromatic heterocycles. The van der Waals surface area contributed by atoms with E-state index in [1.807, 2.05) is 43.3 Å². The zero-order valence-electron chi connectivity index (χ0n) is 18.2. The van der Waals surface area contributed by atoms with Crippen molar-refractivity contribution >= 4 is 51.9 Å². The molecule has 2 fully saturated rings. The van der Waals surface area contributed by atoms with E-state index in [1.165, 1.54) is 16.7 Å². The summed E-state index contributed by atoms with van der Waals surface area (Å²) < 4.78 is 17.3. The molecule has 2 aromatic rings. The van der Waals surface area contributed by atoms with Crippen LogP contribution in [0.5, 0.6) is 11.5 Å².